The van der Waals surface area contributed by atoms with E-state index in [0.29, 0.717) is 22.0 Å². The minimum absolute atomic E-state index is 0.0978. The van der Waals surface area contributed by atoms with Crippen LogP contribution in [0.15, 0.2) is 42.5 Å². The minimum atomic E-state index is -1.25. The Bertz CT molecular complexity index is 1080. The van der Waals surface area contributed by atoms with Gasteiger partial charge in [0.15, 0.2) is 0 Å². The number of ether oxygens (including phenoxy) is 2. The van der Waals surface area contributed by atoms with Crippen molar-refractivity contribution in [1.29, 1.82) is 0 Å². The number of nitrogens with zero attached hydrogens (tertiary/aromatic N) is 1. The molecule has 1 fully saturated rings. The summed E-state index contributed by atoms with van der Waals surface area (Å²) in [5.41, 5.74) is 1.74. The first-order valence-electron chi connectivity index (χ1n) is 10.9. The number of hydrogen-bond acceptors (Lipinski definition) is 7. The average molecular weight is 506 g/mol. The zero-order valence-corrected chi connectivity index (χ0v) is 20.3. The van der Waals surface area contributed by atoms with E-state index in [1.807, 2.05) is 6.92 Å². The van der Waals surface area contributed by atoms with Gasteiger partial charge in [0.25, 0.3) is 5.91 Å². The van der Waals surface area contributed by atoms with Crippen LogP contribution in [0.4, 0.5) is 10.5 Å². The summed E-state index contributed by atoms with van der Waals surface area (Å²) in [6.07, 6.45) is -1.82. The summed E-state index contributed by atoms with van der Waals surface area (Å²) < 4.78 is 10.7. The molecular formula is C24H28ClN3O7. The fraction of sp³-hybridized carbons (Fsp3) is 0.375. The van der Waals surface area contributed by atoms with Crippen LogP contribution in [0.3, 0.4) is 0 Å². The van der Waals surface area contributed by atoms with Crippen LogP contribution in [0.5, 0.6) is 5.75 Å². The number of anilines is 1. The number of aliphatic hydroxyl groups excluding tert-OH is 2. The number of urea groups is 1. The zero-order valence-electron chi connectivity index (χ0n) is 19.5. The van der Waals surface area contributed by atoms with Gasteiger partial charge in [-0.1, -0.05) is 29.8 Å². The van der Waals surface area contributed by atoms with Crippen molar-refractivity contribution in [2.24, 2.45) is 0 Å². The van der Waals surface area contributed by atoms with Gasteiger partial charge in [-0.05, 0) is 49.2 Å². The number of methoxy groups -OCH3 is 1. The molecule has 10 nitrogen and oxygen atoms in total. The van der Waals surface area contributed by atoms with Gasteiger partial charge in [0.05, 0.1) is 23.4 Å². The van der Waals surface area contributed by atoms with Crippen molar-refractivity contribution in [1.82, 2.24) is 10.2 Å². The number of hydrogen-bond donors (Lipinski definition) is 4. The monoisotopic (exact) mass is 505 g/mol. The van der Waals surface area contributed by atoms with Gasteiger partial charge in [0.2, 0.25) is 5.91 Å². The third-order valence-corrected chi connectivity index (χ3v) is 5.90. The fourth-order valence-corrected chi connectivity index (χ4v) is 3.86. The second kappa shape index (κ2) is 11.5. The second-order valence-electron chi connectivity index (χ2n) is 8.17. The molecule has 35 heavy (non-hydrogen) atoms. The number of aliphatic hydroxyl groups is 2. The van der Waals surface area contributed by atoms with Gasteiger partial charge in [-0.3, -0.25) is 9.59 Å². The summed E-state index contributed by atoms with van der Waals surface area (Å²) in [4.78, 5) is 40.2. The van der Waals surface area contributed by atoms with Crippen LogP contribution in [0.1, 0.15) is 24.1 Å². The maximum atomic E-state index is 13.3. The Morgan fingerprint density at radius 1 is 1.23 bits per heavy atom. The molecule has 2 unspecified atom stereocenters. The topological polar surface area (TPSA) is 137 Å². The predicted molar refractivity (Wildman–Crippen MR) is 128 cm³/mol. The van der Waals surface area contributed by atoms with E-state index in [1.165, 1.54) is 7.11 Å². The highest BCUT2D eigenvalue weighted by Gasteiger charge is 2.47. The number of carbonyl (C=O) groups excluding carboxylic acids is 3. The Kier molecular flexibility index (Phi) is 8.68. The summed E-state index contributed by atoms with van der Waals surface area (Å²) in [6.45, 7) is 2.92. The lowest BCUT2D eigenvalue weighted by molar-refractivity contribution is -0.137. The zero-order chi connectivity index (χ0) is 25.7. The maximum Gasteiger partial charge on any atom is 0.325 e. The molecule has 2 aromatic carbocycles. The number of imide groups is 1. The Morgan fingerprint density at radius 3 is 2.51 bits per heavy atom. The van der Waals surface area contributed by atoms with Gasteiger partial charge in [0.1, 0.15) is 30.5 Å². The van der Waals surface area contributed by atoms with Gasteiger partial charge in [-0.25, -0.2) is 9.69 Å². The Morgan fingerprint density at radius 2 is 1.91 bits per heavy atom. The Labute approximate surface area is 207 Å². The van der Waals surface area contributed by atoms with Crippen LogP contribution in [-0.4, -0.2) is 71.5 Å². The van der Waals surface area contributed by atoms with E-state index in [2.05, 4.69) is 10.6 Å². The lowest BCUT2D eigenvalue weighted by atomic mass is 10.0. The number of halogens is 1. The van der Waals surface area contributed by atoms with Gasteiger partial charge in [0, 0.05) is 7.11 Å². The van der Waals surface area contributed by atoms with Crippen molar-refractivity contribution in [2.45, 2.75) is 38.1 Å². The van der Waals surface area contributed by atoms with Crippen molar-refractivity contribution < 1.29 is 34.1 Å². The third kappa shape index (κ3) is 6.09. The molecule has 1 saturated heterocycles. The Hall–Kier alpha value is -3.18. The van der Waals surface area contributed by atoms with Crippen molar-refractivity contribution in [3.8, 4) is 5.75 Å². The van der Waals surface area contributed by atoms with Crippen LogP contribution in [0.2, 0.25) is 5.02 Å². The van der Waals surface area contributed by atoms with Crippen molar-refractivity contribution in [3.05, 3.63) is 58.6 Å². The van der Waals surface area contributed by atoms with Crippen LogP contribution in [-0.2, 0) is 14.3 Å². The number of amides is 4. The standard InChI is InChI=1S/C24H28ClN3O7/c1-13-4-9-19(18(25)10-13)26-22(31)21(14(2)34-3)28-23(32)20(27-24(28)33)15-5-7-17(8-6-15)35-12-16(30)11-29/h4-10,14,16,20-21,29-30H,11-12H2,1-3H3,(H,26,31)(H,27,33)/t14?,16?,20-,21+/m1/s1. The third-order valence-electron chi connectivity index (χ3n) is 5.58. The van der Waals surface area contributed by atoms with Crippen LogP contribution in [0, 0.1) is 6.92 Å². The smallest absolute Gasteiger partial charge is 0.325 e. The van der Waals surface area contributed by atoms with Crippen molar-refractivity contribution in [2.75, 3.05) is 25.6 Å². The number of aryl methyl sites for hydroxylation is 1. The highest BCUT2D eigenvalue weighted by atomic mass is 35.5. The number of rotatable bonds is 10. The predicted octanol–water partition coefficient (Wildman–Crippen LogP) is 2.02. The summed E-state index contributed by atoms with van der Waals surface area (Å²) in [5.74, 6) is -0.825. The maximum absolute atomic E-state index is 13.3. The summed E-state index contributed by atoms with van der Waals surface area (Å²) >= 11 is 6.23. The van der Waals surface area contributed by atoms with Gasteiger partial charge < -0.3 is 30.3 Å². The molecule has 0 aliphatic carbocycles. The first-order valence-corrected chi connectivity index (χ1v) is 11.3. The largest absolute Gasteiger partial charge is 0.491 e. The van der Waals surface area contributed by atoms with Crippen LogP contribution >= 0.6 is 11.6 Å². The van der Waals surface area contributed by atoms with E-state index in [-0.39, 0.29) is 6.61 Å². The first-order chi connectivity index (χ1) is 16.7. The molecule has 0 spiro atoms. The highest BCUT2D eigenvalue weighted by Crippen LogP contribution is 2.28. The van der Waals surface area contributed by atoms with E-state index in [0.717, 1.165) is 10.5 Å². The van der Waals surface area contributed by atoms with Crippen molar-refractivity contribution >= 4 is 35.1 Å². The molecule has 0 aromatic heterocycles. The van der Waals surface area contributed by atoms with E-state index in [1.54, 1.807) is 49.4 Å². The van der Waals surface area contributed by atoms with Crippen LogP contribution in [0.25, 0.3) is 0 Å². The molecule has 11 heteroatoms. The van der Waals surface area contributed by atoms with E-state index in [4.69, 9.17) is 26.2 Å². The van der Waals surface area contributed by atoms with Gasteiger partial charge in [-0.15, -0.1) is 0 Å². The molecule has 1 aliphatic heterocycles. The molecule has 1 aliphatic rings. The highest BCUT2D eigenvalue weighted by molar-refractivity contribution is 6.33. The van der Waals surface area contributed by atoms with Gasteiger partial charge >= 0.3 is 6.03 Å². The van der Waals surface area contributed by atoms with Crippen LogP contribution < -0.4 is 15.4 Å². The molecule has 3 rings (SSSR count). The molecule has 0 radical (unpaired) electrons. The SMILES string of the molecule is COC(C)[C@@H](C(=O)Nc1ccc(C)cc1Cl)N1C(=O)N[C@H](c2ccc(OCC(O)CO)cc2)C1=O. The first kappa shape index (κ1) is 26.4. The van der Waals surface area contributed by atoms with E-state index < -0.39 is 48.7 Å². The lowest BCUT2D eigenvalue weighted by Gasteiger charge is -2.28. The summed E-state index contributed by atoms with van der Waals surface area (Å²) in [6, 6.07) is 8.44. The number of benzene rings is 2. The van der Waals surface area contributed by atoms with Gasteiger partial charge in [-0.2, -0.15) is 0 Å². The van der Waals surface area contributed by atoms with Crippen molar-refractivity contribution in [3.63, 3.8) is 0 Å². The summed E-state index contributed by atoms with van der Waals surface area (Å²) in [5, 5.41) is 23.9. The molecule has 0 bridgehead atoms. The number of carbonyl (C=O) groups is 3. The molecule has 2 aromatic rings. The molecule has 4 amide bonds. The fourth-order valence-electron chi connectivity index (χ4n) is 3.58. The number of nitrogens with one attached hydrogen (secondary N) is 2. The minimum Gasteiger partial charge on any atom is -0.491 e. The lowest BCUT2D eigenvalue weighted by Crippen LogP contribution is -2.53. The molecular weight excluding hydrogens is 478 g/mol. The molecule has 4 N–H and O–H groups in total. The second-order valence-corrected chi connectivity index (χ2v) is 8.57. The average Bonchev–Trinajstić information content (AvgIpc) is 3.13. The molecule has 188 valence electrons. The Balaban J connectivity index is 1.79. The normalized spacial score (nSPS) is 18.1. The van der Waals surface area contributed by atoms with E-state index >= 15 is 0 Å². The quantitative estimate of drug-likeness (QED) is 0.362. The molecule has 4 atom stereocenters. The summed E-state index contributed by atoms with van der Waals surface area (Å²) in [7, 11) is 1.38. The molecule has 0 saturated carbocycles. The molecule has 1 heterocycles. The van der Waals surface area contributed by atoms with E-state index in [9.17, 15) is 19.5 Å².